The Hall–Kier alpha value is -0.940. The first kappa shape index (κ1) is 12.1. The molecule has 2 aliphatic rings. The van der Waals surface area contributed by atoms with Gasteiger partial charge < -0.3 is 10.1 Å². The Morgan fingerprint density at radius 1 is 1.06 bits per heavy atom. The molecule has 1 unspecified atom stereocenters. The van der Waals surface area contributed by atoms with Gasteiger partial charge in [-0.3, -0.25) is 10.2 Å². The van der Waals surface area contributed by atoms with Crippen LogP contribution in [0.5, 0.6) is 0 Å². The third-order valence-electron chi connectivity index (χ3n) is 3.90. The lowest BCUT2D eigenvalue weighted by Gasteiger charge is -2.49. The first-order valence-corrected chi connectivity index (χ1v) is 6.76. The minimum absolute atomic E-state index is 0.0662. The monoisotopic (exact) mass is 247 g/mol. The fourth-order valence-corrected chi connectivity index (χ4v) is 2.96. The van der Waals surface area contributed by atoms with Gasteiger partial charge in [0.05, 0.1) is 13.2 Å². The molecule has 0 radical (unpaired) electrons. The zero-order valence-corrected chi connectivity index (χ0v) is 10.7. The molecule has 18 heavy (non-hydrogen) atoms. The van der Waals surface area contributed by atoms with E-state index in [4.69, 9.17) is 4.74 Å². The lowest BCUT2D eigenvalue weighted by atomic mass is 9.95. The van der Waals surface area contributed by atoms with Crippen molar-refractivity contribution in [2.75, 3.05) is 45.9 Å². The van der Waals surface area contributed by atoms with Gasteiger partial charge >= 0.3 is 0 Å². The summed E-state index contributed by atoms with van der Waals surface area (Å²) in [6, 6.07) is 10.7. The standard InChI is InChI=1S/C14H21N3O/c1-2-4-13(5-3-1)14(12-15-6-7-16-14)17-8-10-18-11-9-17/h1-5,15-16H,6-12H2. The molecule has 2 saturated heterocycles. The molecule has 1 aromatic rings. The predicted octanol–water partition coefficient (Wildman–Crippen LogP) is 0.364. The van der Waals surface area contributed by atoms with Crippen molar-refractivity contribution in [2.45, 2.75) is 5.66 Å². The van der Waals surface area contributed by atoms with Crippen molar-refractivity contribution >= 4 is 0 Å². The van der Waals surface area contributed by atoms with Crippen LogP contribution < -0.4 is 10.6 Å². The number of hydrogen-bond acceptors (Lipinski definition) is 4. The molecular weight excluding hydrogens is 226 g/mol. The van der Waals surface area contributed by atoms with Gasteiger partial charge in [-0.2, -0.15) is 0 Å². The number of benzene rings is 1. The Bertz CT molecular complexity index is 370. The fourth-order valence-electron chi connectivity index (χ4n) is 2.96. The maximum absolute atomic E-state index is 5.48. The molecule has 2 N–H and O–H groups in total. The van der Waals surface area contributed by atoms with Gasteiger partial charge in [-0.05, 0) is 5.56 Å². The fraction of sp³-hybridized carbons (Fsp3) is 0.571. The molecule has 4 heteroatoms. The van der Waals surface area contributed by atoms with E-state index < -0.39 is 0 Å². The highest BCUT2D eigenvalue weighted by Crippen LogP contribution is 2.27. The smallest absolute Gasteiger partial charge is 0.110 e. The number of nitrogens with one attached hydrogen (secondary N) is 2. The summed E-state index contributed by atoms with van der Waals surface area (Å²) >= 11 is 0. The van der Waals surface area contributed by atoms with E-state index in [-0.39, 0.29) is 5.66 Å². The van der Waals surface area contributed by atoms with Crippen molar-refractivity contribution in [3.63, 3.8) is 0 Å². The van der Waals surface area contributed by atoms with Crippen LogP contribution in [0, 0.1) is 0 Å². The lowest BCUT2D eigenvalue weighted by molar-refractivity contribution is -0.0454. The van der Waals surface area contributed by atoms with Crippen LogP contribution in [-0.4, -0.2) is 50.8 Å². The average molecular weight is 247 g/mol. The van der Waals surface area contributed by atoms with E-state index in [2.05, 4.69) is 45.9 Å². The highest BCUT2D eigenvalue weighted by Gasteiger charge is 2.39. The van der Waals surface area contributed by atoms with E-state index in [9.17, 15) is 0 Å². The van der Waals surface area contributed by atoms with Crippen molar-refractivity contribution in [1.29, 1.82) is 0 Å². The summed E-state index contributed by atoms with van der Waals surface area (Å²) in [5, 5.41) is 7.25. The molecule has 2 fully saturated rings. The van der Waals surface area contributed by atoms with E-state index in [1.165, 1.54) is 5.56 Å². The van der Waals surface area contributed by atoms with Crippen molar-refractivity contribution < 1.29 is 4.74 Å². The van der Waals surface area contributed by atoms with E-state index in [0.717, 1.165) is 45.9 Å². The second kappa shape index (κ2) is 5.36. The van der Waals surface area contributed by atoms with Crippen molar-refractivity contribution in [3.8, 4) is 0 Å². The molecule has 0 aliphatic carbocycles. The normalized spacial score (nSPS) is 30.2. The van der Waals surface area contributed by atoms with E-state index in [0.29, 0.717) is 0 Å². The third kappa shape index (κ3) is 2.17. The number of piperazine rings is 1. The Labute approximate surface area is 108 Å². The maximum Gasteiger partial charge on any atom is 0.110 e. The Morgan fingerprint density at radius 3 is 2.50 bits per heavy atom. The van der Waals surface area contributed by atoms with Crippen LogP contribution >= 0.6 is 0 Å². The van der Waals surface area contributed by atoms with Crippen LogP contribution in [0.3, 0.4) is 0 Å². The van der Waals surface area contributed by atoms with E-state index >= 15 is 0 Å². The highest BCUT2D eigenvalue weighted by molar-refractivity contribution is 5.25. The molecule has 0 saturated carbocycles. The Balaban J connectivity index is 1.92. The third-order valence-corrected chi connectivity index (χ3v) is 3.90. The molecule has 98 valence electrons. The zero-order valence-electron chi connectivity index (χ0n) is 10.7. The van der Waals surface area contributed by atoms with Crippen LogP contribution in [0.1, 0.15) is 5.56 Å². The van der Waals surface area contributed by atoms with Gasteiger partial charge in [0.1, 0.15) is 5.66 Å². The van der Waals surface area contributed by atoms with Gasteiger partial charge in [0.25, 0.3) is 0 Å². The SMILES string of the molecule is c1ccc(C2(N3CCOCC3)CNCCN2)cc1. The first-order chi connectivity index (χ1) is 8.92. The molecule has 1 aromatic carbocycles. The number of rotatable bonds is 2. The molecule has 0 bridgehead atoms. The predicted molar refractivity (Wildman–Crippen MR) is 71.4 cm³/mol. The molecule has 0 amide bonds. The van der Waals surface area contributed by atoms with Crippen LogP contribution in [0.15, 0.2) is 30.3 Å². The molecule has 0 aromatic heterocycles. The molecule has 3 rings (SSSR count). The highest BCUT2D eigenvalue weighted by atomic mass is 16.5. The van der Waals surface area contributed by atoms with Crippen molar-refractivity contribution in [3.05, 3.63) is 35.9 Å². The van der Waals surface area contributed by atoms with Gasteiger partial charge in [0.15, 0.2) is 0 Å². The Morgan fingerprint density at radius 2 is 1.83 bits per heavy atom. The Kier molecular flexibility index (Phi) is 3.61. The van der Waals surface area contributed by atoms with Crippen LogP contribution in [0.25, 0.3) is 0 Å². The van der Waals surface area contributed by atoms with Gasteiger partial charge in [-0.15, -0.1) is 0 Å². The maximum atomic E-state index is 5.48. The van der Waals surface area contributed by atoms with Gasteiger partial charge in [0, 0.05) is 32.7 Å². The number of ether oxygens (including phenoxy) is 1. The molecule has 1 atom stereocenters. The summed E-state index contributed by atoms with van der Waals surface area (Å²) in [4.78, 5) is 2.51. The summed E-state index contributed by atoms with van der Waals surface area (Å²) in [5.74, 6) is 0. The lowest BCUT2D eigenvalue weighted by Crippen LogP contribution is -2.67. The second-order valence-corrected chi connectivity index (χ2v) is 4.93. The summed E-state index contributed by atoms with van der Waals surface area (Å²) in [6.07, 6.45) is 0. The van der Waals surface area contributed by atoms with Crippen molar-refractivity contribution in [2.24, 2.45) is 0 Å². The van der Waals surface area contributed by atoms with Gasteiger partial charge in [-0.25, -0.2) is 0 Å². The van der Waals surface area contributed by atoms with Gasteiger partial charge in [-0.1, -0.05) is 30.3 Å². The molecular formula is C14H21N3O. The summed E-state index contributed by atoms with van der Waals surface area (Å²) in [7, 11) is 0. The number of nitrogens with zero attached hydrogens (tertiary/aromatic N) is 1. The number of morpholine rings is 1. The summed E-state index contributed by atoms with van der Waals surface area (Å²) < 4.78 is 5.48. The van der Waals surface area contributed by atoms with Crippen LogP contribution in [-0.2, 0) is 10.4 Å². The summed E-state index contributed by atoms with van der Waals surface area (Å²) in [6.45, 7) is 6.64. The largest absolute Gasteiger partial charge is 0.379 e. The molecule has 2 heterocycles. The second-order valence-electron chi connectivity index (χ2n) is 4.93. The molecule has 0 spiro atoms. The molecule has 4 nitrogen and oxygen atoms in total. The summed E-state index contributed by atoms with van der Waals surface area (Å²) in [5.41, 5.74) is 1.28. The van der Waals surface area contributed by atoms with E-state index in [1.807, 2.05) is 0 Å². The van der Waals surface area contributed by atoms with Crippen molar-refractivity contribution in [1.82, 2.24) is 15.5 Å². The first-order valence-electron chi connectivity index (χ1n) is 6.76. The quantitative estimate of drug-likeness (QED) is 0.791. The average Bonchev–Trinajstić information content (AvgIpc) is 2.50. The van der Waals surface area contributed by atoms with Crippen LogP contribution in [0.2, 0.25) is 0 Å². The van der Waals surface area contributed by atoms with Crippen LogP contribution in [0.4, 0.5) is 0 Å². The zero-order chi connectivity index (χ0) is 12.3. The van der Waals surface area contributed by atoms with E-state index in [1.54, 1.807) is 0 Å². The number of hydrogen-bond donors (Lipinski definition) is 2. The molecule has 2 aliphatic heterocycles. The van der Waals surface area contributed by atoms with Gasteiger partial charge in [0.2, 0.25) is 0 Å². The topological polar surface area (TPSA) is 36.5 Å². The minimum atomic E-state index is -0.0662. The minimum Gasteiger partial charge on any atom is -0.379 e.